The molecule has 1 aliphatic rings. The standard InChI is InChI=1S/C10H8N2O/c11-5-6-1-2-7-8(3-6)9(12)4-10(7)13/h1-3,9H,4,12H2. The molecule has 3 nitrogen and oxygen atoms in total. The van der Waals surface area contributed by atoms with Crippen molar-refractivity contribution >= 4 is 5.78 Å². The molecule has 2 rings (SSSR count). The van der Waals surface area contributed by atoms with E-state index in [9.17, 15) is 4.79 Å². The molecule has 1 unspecified atom stereocenters. The van der Waals surface area contributed by atoms with E-state index in [4.69, 9.17) is 11.0 Å². The van der Waals surface area contributed by atoms with Crippen LogP contribution in [0.1, 0.15) is 33.9 Å². The number of nitrogens with zero attached hydrogens (tertiary/aromatic N) is 1. The molecule has 2 N–H and O–H groups in total. The van der Waals surface area contributed by atoms with Gasteiger partial charge in [-0.3, -0.25) is 4.79 Å². The summed E-state index contributed by atoms with van der Waals surface area (Å²) < 4.78 is 0. The van der Waals surface area contributed by atoms with E-state index in [1.807, 2.05) is 6.07 Å². The molecule has 1 aromatic rings. The van der Waals surface area contributed by atoms with Crippen LogP contribution in [0.4, 0.5) is 0 Å². The van der Waals surface area contributed by atoms with Gasteiger partial charge in [-0.15, -0.1) is 0 Å². The smallest absolute Gasteiger partial charge is 0.165 e. The molecule has 0 bridgehead atoms. The summed E-state index contributed by atoms with van der Waals surface area (Å²) in [5, 5.41) is 8.65. The van der Waals surface area contributed by atoms with E-state index >= 15 is 0 Å². The Labute approximate surface area is 75.8 Å². The van der Waals surface area contributed by atoms with Crippen LogP contribution in [0.15, 0.2) is 18.2 Å². The molecule has 13 heavy (non-hydrogen) atoms. The number of carbonyl (C=O) groups excluding carboxylic acids is 1. The number of carbonyl (C=O) groups is 1. The van der Waals surface area contributed by atoms with Gasteiger partial charge in [-0.05, 0) is 23.8 Å². The normalized spacial score (nSPS) is 19.7. The van der Waals surface area contributed by atoms with Crippen molar-refractivity contribution < 1.29 is 4.79 Å². The molecule has 1 aromatic carbocycles. The molecule has 0 spiro atoms. The number of nitriles is 1. The van der Waals surface area contributed by atoms with Gasteiger partial charge < -0.3 is 5.73 Å². The van der Waals surface area contributed by atoms with E-state index in [1.165, 1.54) is 0 Å². The fraction of sp³-hybridized carbons (Fsp3) is 0.200. The van der Waals surface area contributed by atoms with Gasteiger partial charge in [0.1, 0.15) is 0 Å². The quantitative estimate of drug-likeness (QED) is 0.638. The monoisotopic (exact) mass is 172 g/mol. The fourth-order valence-electron chi connectivity index (χ4n) is 1.61. The third-order valence-electron chi connectivity index (χ3n) is 2.29. The van der Waals surface area contributed by atoms with Crippen molar-refractivity contribution in [1.29, 1.82) is 5.26 Å². The first-order valence-electron chi connectivity index (χ1n) is 4.05. The molecule has 0 aliphatic heterocycles. The predicted octanol–water partition coefficient (Wildman–Crippen LogP) is 1.14. The van der Waals surface area contributed by atoms with Gasteiger partial charge in [-0.25, -0.2) is 0 Å². The Bertz CT molecular complexity index is 417. The van der Waals surface area contributed by atoms with Crippen LogP contribution in [0.2, 0.25) is 0 Å². The summed E-state index contributed by atoms with van der Waals surface area (Å²) in [5.41, 5.74) is 7.77. The lowest BCUT2D eigenvalue weighted by Gasteiger charge is -2.02. The Morgan fingerprint density at radius 2 is 2.31 bits per heavy atom. The second kappa shape index (κ2) is 2.68. The number of Topliss-reactive ketones (excluding diaryl/α,β-unsaturated/α-hetero) is 1. The van der Waals surface area contributed by atoms with Crippen LogP contribution >= 0.6 is 0 Å². The van der Waals surface area contributed by atoms with Gasteiger partial charge in [-0.2, -0.15) is 5.26 Å². The van der Waals surface area contributed by atoms with Crippen molar-refractivity contribution in [3.63, 3.8) is 0 Å². The molecular formula is C10H8N2O. The van der Waals surface area contributed by atoms with Crippen molar-refractivity contribution in [2.75, 3.05) is 0 Å². The summed E-state index contributed by atoms with van der Waals surface area (Å²) >= 11 is 0. The summed E-state index contributed by atoms with van der Waals surface area (Å²) in [4.78, 5) is 11.3. The summed E-state index contributed by atoms with van der Waals surface area (Å²) in [5.74, 6) is 0.0759. The number of fused-ring (bicyclic) bond motifs is 1. The van der Waals surface area contributed by atoms with E-state index < -0.39 is 0 Å². The Morgan fingerprint density at radius 3 is 3.00 bits per heavy atom. The van der Waals surface area contributed by atoms with Gasteiger partial charge in [0.2, 0.25) is 0 Å². The average Bonchev–Trinajstić information content (AvgIpc) is 2.42. The van der Waals surface area contributed by atoms with Gasteiger partial charge in [0, 0.05) is 18.0 Å². The highest BCUT2D eigenvalue weighted by atomic mass is 16.1. The zero-order valence-corrected chi connectivity index (χ0v) is 6.95. The highest BCUT2D eigenvalue weighted by Crippen LogP contribution is 2.29. The number of nitrogens with two attached hydrogens (primary N) is 1. The first-order valence-corrected chi connectivity index (χ1v) is 4.05. The Morgan fingerprint density at radius 1 is 1.54 bits per heavy atom. The van der Waals surface area contributed by atoms with E-state index in [0.717, 1.165) is 5.56 Å². The maximum Gasteiger partial charge on any atom is 0.165 e. The lowest BCUT2D eigenvalue weighted by molar-refractivity contribution is 0.0989. The fourth-order valence-corrected chi connectivity index (χ4v) is 1.61. The topological polar surface area (TPSA) is 66.9 Å². The zero-order valence-electron chi connectivity index (χ0n) is 6.95. The third kappa shape index (κ3) is 1.12. The molecule has 0 radical (unpaired) electrons. The highest BCUT2D eigenvalue weighted by Gasteiger charge is 2.26. The largest absolute Gasteiger partial charge is 0.324 e. The van der Waals surface area contributed by atoms with Crippen molar-refractivity contribution in [3.8, 4) is 6.07 Å². The zero-order chi connectivity index (χ0) is 9.42. The van der Waals surface area contributed by atoms with Crippen molar-refractivity contribution in [1.82, 2.24) is 0 Å². The predicted molar refractivity (Wildman–Crippen MR) is 47.0 cm³/mol. The molecule has 0 saturated heterocycles. The van der Waals surface area contributed by atoms with Gasteiger partial charge >= 0.3 is 0 Å². The second-order valence-corrected chi connectivity index (χ2v) is 3.15. The van der Waals surface area contributed by atoms with Gasteiger partial charge in [0.15, 0.2) is 5.78 Å². The number of rotatable bonds is 0. The minimum Gasteiger partial charge on any atom is -0.324 e. The Balaban J connectivity index is 2.60. The molecule has 0 aromatic heterocycles. The van der Waals surface area contributed by atoms with Gasteiger partial charge in [-0.1, -0.05) is 0 Å². The third-order valence-corrected chi connectivity index (χ3v) is 2.29. The minimum atomic E-state index is -0.226. The van der Waals surface area contributed by atoms with E-state index in [1.54, 1.807) is 18.2 Å². The molecule has 1 aliphatic carbocycles. The van der Waals surface area contributed by atoms with Crippen LogP contribution in [0.3, 0.4) is 0 Å². The van der Waals surface area contributed by atoms with Crippen molar-refractivity contribution in [3.05, 3.63) is 34.9 Å². The maximum absolute atomic E-state index is 11.3. The van der Waals surface area contributed by atoms with E-state index in [2.05, 4.69) is 0 Å². The molecule has 0 fully saturated rings. The van der Waals surface area contributed by atoms with Crippen LogP contribution < -0.4 is 5.73 Å². The highest BCUT2D eigenvalue weighted by molar-refractivity contribution is 6.01. The Kier molecular flexibility index (Phi) is 1.64. The number of benzene rings is 1. The number of ketones is 1. The lowest BCUT2D eigenvalue weighted by Crippen LogP contribution is -2.05. The molecule has 64 valence electrons. The van der Waals surface area contributed by atoms with Gasteiger partial charge in [0.25, 0.3) is 0 Å². The summed E-state index contributed by atoms with van der Waals surface area (Å²) in [6, 6.07) is 6.83. The first kappa shape index (κ1) is 7.96. The number of hydrogen-bond acceptors (Lipinski definition) is 3. The van der Waals surface area contributed by atoms with E-state index in [-0.39, 0.29) is 11.8 Å². The van der Waals surface area contributed by atoms with Crippen LogP contribution in [0.5, 0.6) is 0 Å². The van der Waals surface area contributed by atoms with Crippen LogP contribution in [-0.2, 0) is 0 Å². The van der Waals surface area contributed by atoms with Crippen LogP contribution in [-0.4, -0.2) is 5.78 Å². The Hall–Kier alpha value is -1.66. The molecule has 0 saturated carbocycles. The van der Waals surface area contributed by atoms with Crippen LogP contribution in [0.25, 0.3) is 0 Å². The molecule has 0 heterocycles. The summed E-state index contributed by atoms with van der Waals surface area (Å²) in [7, 11) is 0. The average molecular weight is 172 g/mol. The number of hydrogen-bond donors (Lipinski definition) is 1. The van der Waals surface area contributed by atoms with E-state index in [0.29, 0.717) is 17.5 Å². The maximum atomic E-state index is 11.3. The van der Waals surface area contributed by atoms with Gasteiger partial charge in [0.05, 0.1) is 11.6 Å². The molecule has 1 atom stereocenters. The lowest BCUT2D eigenvalue weighted by atomic mass is 10.1. The SMILES string of the molecule is N#Cc1ccc2c(c1)C(N)CC2=O. The molecule has 3 heteroatoms. The van der Waals surface area contributed by atoms with Crippen molar-refractivity contribution in [2.24, 2.45) is 5.73 Å². The van der Waals surface area contributed by atoms with Crippen LogP contribution in [0, 0.1) is 11.3 Å². The second-order valence-electron chi connectivity index (χ2n) is 3.15. The minimum absolute atomic E-state index is 0.0759. The molecule has 0 amide bonds. The van der Waals surface area contributed by atoms with Crippen molar-refractivity contribution in [2.45, 2.75) is 12.5 Å². The molecular weight excluding hydrogens is 164 g/mol. The first-order chi connectivity index (χ1) is 6.22. The summed E-state index contributed by atoms with van der Waals surface area (Å²) in [6.45, 7) is 0. The summed E-state index contributed by atoms with van der Waals surface area (Å²) in [6.07, 6.45) is 0.365.